The van der Waals surface area contributed by atoms with E-state index in [2.05, 4.69) is 36.6 Å². The van der Waals surface area contributed by atoms with Gasteiger partial charge in [-0.1, -0.05) is 35.3 Å². The van der Waals surface area contributed by atoms with Crippen LogP contribution in [0.3, 0.4) is 0 Å². The Morgan fingerprint density at radius 3 is 2.45 bits per heavy atom. The molecule has 2 aliphatic heterocycles. The molecular formula is C31H38Cl2F2N4S. The van der Waals surface area contributed by atoms with Crippen LogP contribution in [0.4, 0.5) is 8.78 Å². The fourth-order valence-electron chi connectivity index (χ4n) is 6.34. The van der Waals surface area contributed by atoms with Crippen molar-refractivity contribution in [2.75, 3.05) is 26.2 Å². The van der Waals surface area contributed by atoms with Crippen LogP contribution < -0.4 is 0 Å². The molecule has 2 fully saturated rings. The van der Waals surface area contributed by atoms with E-state index in [9.17, 15) is 8.78 Å². The predicted molar refractivity (Wildman–Crippen MR) is 164 cm³/mol. The lowest BCUT2D eigenvalue weighted by Gasteiger charge is -2.39. The van der Waals surface area contributed by atoms with Gasteiger partial charge in [-0.3, -0.25) is 9.80 Å². The fourth-order valence-corrected chi connectivity index (χ4v) is 7.23. The zero-order chi connectivity index (χ0) is 28.8. The third kappa shape index (κ3) is 6.24. The second-order valence-corrected chi connectivity index (χ2v) is 13.7. The Kier molecular flexibility index (Phi) is 8.89. The number of hydrogen-bond acceptors (Lipinski definition) is 4. The van der Waals surface area contributed by atoms with E-state index < -0.39 is 11.6 Å². The highest BCUT2D eigenvalue weighted by Crippen LogP contribution is 2.43. The Labute approximate surface area is 252 Å². The van der Waals surface area contributed by atoms with Crippen LogP contribution in [0.1, 0.15) is 68.8 Å². The number of hydrogen-bond donors (Lipinski definition) is 1. The van der Waals surface area contributed by atoms with Crippen LogP contribution in [-0.4, -0.2) is 56.7 Å². The van der Waals surface area contributed by atoms with Crippen molar-refractivity contribution in [3.05, 3.63) is 81.1 Å². The molecule has 2 saturated heterocycles. The first-order valence-electron chi connectivity index (χ1n) is 14.0. The Hall–Kier alpha value is -1.64. The molecule has 3 aliphatic rings. The number of aryl methyl sites for hydroxylation is 1. The molecule has 0 spiro atoms. The normalized spacial score (nSPS) is 24.5. The van der Waals surface area contributed by atoms with Crippen molar-refractivity contribution in [2.45, 2.75) is 69.7 Å². The molecule has 1 aromatic carbocycles. The minimum Gasteiger partial charge on any atom is -0.297 e. The maximum Gasteiger partial charge on any atom is 0.129 e. The topological polar surface area (TPSA) is 24.3 Å². The molecule has 4 nitrogen and oxygen atoms in total. The maximum absolute atomic E-state index is 15.0. The molecule has 0 amide bonds. The first-order valence-corrected chi connectivity index (χ1v) is 15.3. The third-order valence-electron chi connectivity index (χ3n) is 8.62. The summed E-state index contributed by atoms with van der Waals surface area (Å²) in [6.07, 6.45) is 8.21. The summed E-state index contributed by atoms with van der Waals surface area (Å²) in [5, 5.41) is 6.14. The first kappa shape index (κ1) is 29.8. The zero-order valence-corrected chi connectivity index (χ0v) is 26.0. The average molecular weight is 608 g/mol. The molecule has 0 radical (unpaired) electrons. The molecule has 3 heterocycles. The molecule has 2 aromatic rings. The van der Waals surface area contributed by atoms with Crippen molar-refractivity contribution in [3.8, 4) is 0 Å². The van der Waals surface area contributed by atoms with Gasteiger partial charge in [0.25, 0.3) is 0 Å². The number of aromatic nitrogens is 2. The Morgan fingerprint density at radius 1 is 1.05 bits per heavy atom. The van der Waals surface area contributed by atoms with E-state index in [0.29, 0.717) is 28.0 Å². The first-order chi connectivity index (χ1) is 18.9. The summed E-state index contributed by atoms with van der Waals surface area (Å²) in [6, 6.07) is 6.16. The number of halogens is 4. The van der Waals surface area contributed by atoms with Crippen LogP contribution in [0, 0.1) is 24.5 Å². The van der Waals surface area contributed by atoms with E-state index in [0.717, 1.165) is 62.2 Å². The van der Waals surface area contributed by atoms with Gasteiger partial charge in [-0.25, -0.2) is 13.5 Å². The van der Waals surface area contributed by atoms with Gasteiger partial charge in [-0.2, -0.15) is 17.7 Å². The lowest BCUT2D eigenvalue weighted by Crippen LogP contribution is -2.45. The van der Waals surface area contributed by atoms with Crippen LogP contribution >= 0.6 is 35.8 Å². The number of benzene rings is 1. The fraction of sp³-hybridized carbons (Fsp3) is 0.516. The molecule has 3 atom stereocenters. The Bertz CT molecular complexity index is 1340. The minimum absolute atomic E-state index is 0.0374. The molecule has 0 N–H and O–H groups in total. The van der Waals surface area contributed by atoms with Crippen LogP contribution in [0.25, 0.3) is 5.70 Å². The van der Waals surface area contributed by atoms with Crippen LogP contribution in [-0.2, 0) is 0 Å². The molecule has 0 bridgehead atoms. The van der Waals surface area contributed by atoms with Crippen molar-refractivity contribution in [1.82, 2.24) is 19.6 Å². The predicted octanol–water partition coefficient (Wildman–Crippen LogP) is 7.91. The van der Waals surface area contributed by atoms with Crippen molar-refractivity contribution >= 4 is 41.5 Å². The lowest BCUT2D eigenvalue weighted by molar-refractivity contribution is 0.137. The summed E-state index contributed by atoms with van der Waals surface area (Å²) in [6.45, 7) is 11.9. The molecule has 5 rings (SSSR count). The van der Waals surface area contributed by atoms with E-state index in [1.54, 1.807) is 6.07 Å². The average Bonchev–Trinajstić information content (AvgIpc) is 3.47. The third-order valence-corrected chi connectivity index (χ3v) is 9.96. The molecule has 40 heavy (non-hydrogen) atoms. The van der Waals surface area contributed by atoms with Crippen LogP contribution in [0.2, 0.25) is 0 Å². The van der Waals surface area contributed by atoms with Crippen LogP contribution in [0.15, 0.2) is 52.6 Å². The largest absolute Gasteiger partial charge is 0.297 e. The van der Waals surface area contributed by atoms with Crippen molar-refractivity contribution in [1.29, 1.82) is 0 Å². The van der Waals surface area contributed by atoms with Gasteiger partial charge in [0.15, 0.2) is 0 Å². The molecule has 0 saturated carbocycles. The molecular weight excluding hydrogens is 569 g/mol. The van der Waals surface area contributed by atoms with Crippen molar-refractivity contribution in [3.63, 3.8) is 0 Å². The van der Waals surface area contributed by atoms with Gasteiger partial charge in [-0.15, -0.1) is 0 Å². The van der Waals surface area contributed by atoms with Gasteiger partial charge in [0.05, 0.1) is 16.8 Å². The van der Waals surface area contributed by atoms with E-state index >= 15 is 0 Å². The molecule has 1 aliphatic carbocycles. The lowest BCUT2D eigenvalue weighted by atomic mass is 9.86. The smallest absolute Gasteiger partial charge is 0.129 e. The summed E-state index contributed by atoms with van der Waals surface area (Å²) < 4.78 is 30.7. The SMILES string of the molecule is Cc1cc(C2CCN(C(S)[C@@H]3CN(C(C)(C)C)C[C@H]3c3ccc(F)cc3F)CC2)n(C2=C(Cl)CC=C(Cl)C=C2)n1. The molecule has 9 heteroatoms. The van der Waals surface area contributed by atoms with Crippen molar-refractivity contribution < 1.29 is 8.78 Å². The zero-order valence-electron chi connectivity index (χ0n) is 23.5. The highest BCUT2D eigenvalue weighted by molar-refractivity contribution is 7.80. The van der Waals surface area contributed by atoms with Gasteiger partial charge in [0.1, 0.15) is 11.6 Å². The van der Waals surface area contributed by atoms with Gasteiger partial charge >= 0.3 is 0 Å². The number of likely N-dealkylation sites (tertiary alicyclic amines) is 2. The second-order valence-electron chi connectivity index (χ2n) is 12.3. The van der Waals surface area contributed by atoms with Crippen LogP contribution in [0.5, 0.6) is 0 Å². The molecule has 1 unspecified atom stereocenters. The number of rotatable bonds is 5. The Morgan fingerprint density at radius 2 is 1.77 bits per heavy atom. The summed E-state index contributed by atoms with van der Waals surface area (Å²) in [5.74, 6) is -0.622. The number of nitrogens with zero attached hydrogens (tertiary/aromatic N) is 4. The van der Waals surface area contributed by atoms with Gasteiger partial charge < -0.3 is 0 Å². The number of allylic oxidation sites excluding steroid dienone is 6. The van der Waals surface area contributed by atoms with E-state index in [4.69, 9.17) is 40.9 Å². The quantitative estimate of drug-likeness (QED) is 0.350. The monoisotopic (exact) mass is 606 g/mol. The summed E-state index contributed by atoms with van der Waals surface area (Å²) in [4.78, 5) is 4.83. The van der Waals surface area contributed by atoms with Gasteiger partial charge in [0.2, 0.25) is 0 Å². The van der Waals surface area contributed by atoms with E-state index in [1.807, 2.05) is 29.8 Å². The second kappa shape index (κ2) is 11.9. The summed E-state index contributed by atoms with van der Waals surface area (Å²) in [5.41, 5.74) is 3.51. The van der Waals surface area contributed by atoms with E-state index in [-0.39, 0.29) is 22.7 Å². The standard InChI is InChI=1S/C31H38Cl2F2N4S/c1-19-15-29(39(36-19)28-10-6-21(32)5-9-26(28)33)20-11-13-37(14-12-20)30(40)25-18-38(31(2,3)4)17-24(25)23-8-7-22(34)16-27(23)35/h5-8,10,15-16,20,24-25,30,40H,9,11-14,17-18H2,1-4H3/t24-,25+,30?/m0/s1. The Balaban J connectivity index is 1.33. The summed E-state index contributed by atoms with van der Waals surface area (Å²) >= 11 is 18.1. The molecule has 216 valence electrons. The number of thiol groups is 1. The number of piperidine rings is 1. The highest BCUT2D eigenvalue weighted by atomic mass is 35.5. The van der Waals surface area contributed by atoms with Gasteiger partial charge in [-0.05, 0) is 83.5 Å². The van der Waals surface area contributed by atoms with Crippen molar-refractivity contribution in [2.24, 2.45) is 5.92 Å². The summed E-state index contributed by atoms with van der Waals surface area (Å²) in [7, 11) is 0. The maximum atomic E-state index is 15.0. The van der Waals surface area contributed by atoms with E-state index in [1.165, 1.54) is 6.07 Å². The highest BCUT2D eigenvalue weighted by Gasteiger charge is 2.44. The van der Waals surface area contributed by atoms with Gasteiger partial charge in [0, 0.05) is 64.6 Å². The minimum atomic E-state index is -0.543. The molecule has 1 aromatic heterocycles.